The molecule has 4 nitrogen and oxygen atoms in total. The summed E-state index contributed by atoms with van der Waals surface area (Å²) in [5.41, 5.74) is 2.01. The molecule has 2 rings (SSSR count). The molecule has 1 N–H and O–H groups in total. The highest BCUT2D eigenvalue weighted by atomic mass is 19.1. The minimum atomic E-state index is -0.505. The van der Waals surface area contributed by atoms with Gasteiger partial charge in [-0.3, -0.25) is 9.69 Å². The van der Waals surface area contributed by atoms with Crippen molar-refractivity contribution in [3.8, 4) is 11.1 Å². The van der Waals surface area contributed by atoms with Crippen molar-refractivity contribution in [2.45, 2.75) is 245 Å². The molecule has 5 heteroatoms. The van der Waals surface area contributed by atoms with Crippen LogP contribution in [0.2, 0.25) is 0 Å². The zero-order valence-corrected chi connectivity index (χ0v) is 39.5. The summed E-state index contributed by atoms with van der Waals surface area (Å²) in [4.78, 5) is 15.4. The number of aliphatic hydroxyl groups is 1. The van der Waals surface area contributed by atoms with Crippen LogP contribution in [0.1, 0.15) is 244 Å². The molecule has 0 aliphatic heterocycles. The van der Waals surface area contributed by atoms with Gasteiger partial charge in [0.2, 0.25) is 0 Å². The molecule has 1 unspecified atom stereocenters. The number of rotatable bonds is 42. The van der Waals surface area contributed by atoms with Crippen molar-refractivity contribution in [1.29, 1.82) is 0 Å². The molecular weight excluding hydrogens is 742 g/mol. The molecule has 1 atom stereocenters. The SMILES string of the molecule is CCCCCCCCCCCCCCCC(CCCCCCCCCCCCCCC)N(CCO)CCCCCCCOC(=O)C(C)c1ccc(-c2ccccc2)c(F)c1. The molecule has 344 valence electrons. The monoisotopic (exact) mass is 836 g/mol. The van der Waals surface area contributed by atoms with E-state index < -0.39 is 5.92 Å². The van der Waals surface area contributed by atoms with Crippen molar-refractivity contribution in [1.82, 2.24) is 4.90 Å². The highest BCUT2D eigenvalue weighted by molar-refractivity contribution is 5.78. The number of carbonyl (C=O) groups is 1. The van der Waals surface area contributed by atoms with E-state index in [1.54, 1.807) is 13.0 Å². The van der Waals surface area contributed by atoms with E-state index >= 15 is 0 Å². The van der Waals surface area contributed by atoms with Gasteiger partial charge >= 0.3 is 5.97 Å². The molecule has 0 aliphatic carbocycles. The van der Waals surface area contributed by atoms with E-state index in [-0.39, 0.29) is 18.4 Å². The van der Waals surface area contributed by atoms with E-state index in [9.17, 15) is 14.3 Å². The lowest BCUT2D eigenvalue weighted by Gasteiger charge is -2.32. The Bertz CT molecular complexity index is 1220. The fourth-order valence-corrected chi connectivity index (χ4v) is 8.94. The van der Waals surface area contributed by atoms with E-state index in [1.165, 1.54) is 186 Å². The molecule has 0 aromatic heterocycles. The molecule has 0 aliphatic rings. The minimum Gasteiger partial charge on any atom is -0.465 e. The topological polar surface area (TPSA) is 49.8 Å². The van der Waals surface area contributed by atoms with Gasteiger partial charge in [-0.15, -0.1) is 0 Å². The van der Waals surface area contributed by atoms with Crippen molar-refractivity contribution in [2.24, 2.45) is 0 Å². The summed E-state index contributed by atoms with van der Waals surface area (Å²) in [6.07, 6.45) is 44.1. The van der Waals surface area contributed by atoms with E-state index in [0.29, 0.717) is 23.8 Å². The lowest BCUT2D eigenvalue weighted by molar-refractivity contribution is -0.145. The molecule has 0 heterocycles. The van der Waals surface area contributed by atoms with Gasteiger partial charge in [0.15, 0.2) is 0 Å². The Kier molecular flexibility index (Phi) is 34.5. The number of unbranched alkanes of at least 4 members (excludes halogenated alkanes) is 28. The third kappa shape index (κ3) is 27.0. The van der Waals surface area contributed by atoms with Gasteiger partial charge in [-0.25, -0.2) is 4.39 Å². The summed E-state index contributed by atoms with van der Waals surface area (Å²) in [5, 5.41) is 10.1. The molecule has 2 aromatic carbocycles. The van der Waals surface area contributed by atoms with E-state index in [0.717, 1.165) is 50.8 Å². The maximum atomic E-state index is 14.9. The van der Waals surface area contributed by atoms with Gasteiger partial charge in [0.1, 0.15) is 5.82 Å². The van der Waals surface area contributed by atoms with Gasteiger partial charge in [-0.05, 0) is 56.3 Å². The van der Waals surface area contributed by atoms with Crippen LogP contribution in [0.4, 0.5) is 4.39 Å². The predicted octanol–water partition coefficient (Wildman–Crippen LogP) is 16.7. The molecule has 0 fully saturated rings. The maximum absolute atomic E-state index is 14.9. The molecule has 0 radical (unpaired) electrons. The highest BCUT2D eigenvalue weighted by Gasteiger charge is 2.20. The van der Waals surface area contributed by atoms with E-state index in [4.69, 9.17) is 4.74 Å². The molecule has 0 spiro atoms. The molecule has 0 amide bonds. The molecule has 0 bridgehead atoms. The summed E-state index contributed by atoms with van der Waals surface area (Å²) in [6, 6.07) is 15.1. The quantitative estimate of drug-likeness (QED) is 0.0535. The van der Waals surface area contributed by atoms with Crippen LogP contribution in [-0.2, 0) is 9.53 Å². The van der Waals surface area contributed by atoms with Gasteiger partial charge in [0.25, 0.3) is 0 Å². The fourth-order valence-electron chi connectivity index (χ4n) is 8.94. The first-order valence-electron chi connectivity index (χ1n) is 25.9. The lowest BCUT2D eigenvalue weighted by atomic mass is 9.97. The van der Waals surface area contributed by atoms with Crippen LogP contribution < -0.4 is 0 Å². The van der Waals surface area contributed by atoms with Crippen molar-refractivity contribution in [2.75, 3.05) is 26.3 Å². The second-order valence-electron chi connectivity index (χ2n) is 18.2. The largest absolute Gasteiger partial charge is 0.465 e. The number of hydrogen-bond donors (Lipinski definition) is 1. The van der Waals surface area contributed by atoms with Crippen molar-refractivity contribution in [3.05, 3.63) is 59.9 Å². The standard InChI is InChI=1S/C55H94FNO3/c1-4-6-8-10-12-14-16-18-20-22-24-27-34-40-52(41-35-28-25-23-21-19-17-15-13-11-9-7-5-2)57(45-46-58)44-36-29-26-30-37-47-60-55(59)49(3)51-42-43-53(54(56)48-51)50-38-32-31-33-39-50/h31-33,38-39,42-43,48-49,52,58H,4-30,34-37,40-41,44-47H2,1-3H3. The van der Waals surface area contributed by atoms with Crippen LogP contribution in [-0.4, -0.2) is 48.3 Å². The summed E-state index contributed by atoms with van der Waals surface area (Å²) in [5.74, 6) is -1.12. The minimum absolute atomic E-state index is 0.237. The lowest BCUT2D eigenvalue weighted by Crippen LogP contribution is -2.38. The first-order valence-corrected chi connectivity index (χ1v) is 25.9. The van der Waals surface area contributed by atoms with Crippen molar-refractivity contribution < 1.29 is 19.0 Å². The Labute approximate surface area is 370 Å². The Morgan fingerprint density at radius 3 is 1.45 bits per heavy atom. The zero-order chi connectivity index (χ0) is 43.1. The number of carbonyl (C=O) groups excluding carboxylic acids is 1. The number of hydrogen-bond acceptors (Lipinski definition) is 4. The molecule has 60 heavy (non-hydrogen) atoms. The molecule has 0 saturated carbocycles. The second kappa shape index (κ2) is 38.4. The number of halogens is 1. The van der Waals surface area contributed by atoms with Gasteiger partial charge in [-0.1, -0.05) is 243 Å². The van der Waals surface area contributed by atoms with Crippen LogP contribution in [0.5, 0.6) is 0 Å². The third-order valence-corrected chi connectivity index (χ3v) is 13.0. The van der Waals surface area contributed by atoms with Crippen LogP contribution in [0.15, 0.2) is 48.5 Å². The molecule has 0 saturated heterocycles. The summed E-state index contributed by atoms with van der Waals surface area (Å²) >= 11 is 0. The van der Waals surface area contributed by atoms with Crippen molar-refractivity contribution >= 4 is 5.97 Å². The average molecular weight is 836 g/mol. The Morgan fingerprint density at radius 2 is 1.00 bits per heavy atom. The number of aliphatic hydroxyl groups excluding tert-OH is 1. The van der Waals surface area contributed by atoms with Gasteiger partial charge in [0, 0.05) is 18.2 Å². The first kappa shape index (κ1) is 53.9. The van der Waals surface area contributed by atoms with Crippen LogP contribution in [0.3, 0.4) is 0 Å². The fraction of sp³-hybridized carbons (Fsp3) is 0.764. The van der Waals surface area contributed by atoms with Crippen LogP contribution in [0.25, 0.3) is 11.1 Å². The summed E-state index contributed by atoms with van der Waals surface area (Å²) in [7, 11) is 0. The smallest absolute Gasteiger partial charge is 0.313 e. The van der Waals surface area contributed by atoms with Gasteiger partial charge < -0.3 is 9.84 Å². The summed E-state index contributed by atoms with van der Waals surface area (Å²) < 4.78 is 20.5. The Hall–Kier alpha value is -2.24. The number of esters is 1. The third-order valence-electron chi connectivity index (χ3n) is 13.0. The zero-order valence-electron chi connectivity index (χ0n) is 39.5. The number of ether oxygens (including phenoxy) is 1. The summed E-state index contributed by atoms with van der Waals surface area (Å²) in [6.45, 7) is 8.88. The van der Waals surface area contributed by atoms with E-state index in [2.05, 4.69) is 18.7 Å². The Morgan fingerprint density at radius 1 is 0.567 bits per heavy atom. The average Bonchev–Trinajstić information content (AvgIpc) is 3.26. The number of benzene rings is 2. The number of nitrogens with zero attached hydrogens (tertiary/aromatic N) is 1. The molecular formula is C55H94FNO3. The highest BCUT2D eigenvalue weighted by Crippen LogP contribution is 2.27. The van der Waals surface area contributed by atoms with Crippen molar-refractivity contribution in [3.63, 3.8) is 0 Å². The van der Waals surface area contributed by atoms with Gasteiger partial charge in [0.05, 0.1) is 19.1 Å². The first-order chi connectivity index (χ1) is 29.5. The molecule has 2 aromatic rings. The van der Waals surface area contributed by atoms with Crippen LogP contribution >= 0.6 is 0 Å². The van der Waals surface area contributed by atoms with Crippen LogP contribution in [0, 0.1) is 5.82 Å². The van der Waals surface area contributed by atoms with Gasteiger partial charge in [-0.2, -0.15) is 0 Å². The Balaban J connectivity index is 1.68. The second-order valence-corrected chi connectivity index (χ2v) is 18.2. The maximum Gasteiger partial charge on any atom is 0.313 e. The predicted molar refractivity (Wildman–Crippen MR) is 257 cm³/mol. The normalized spacial score (nSPS) is 12.2. The van der Waals surface area contributed by atoms with E-state index in [1.807, 2.05) is 36.4 Å².